The quantitative estimate of drug-likeness (QED) is 0.832. The van der Waals surface area contributed by atoms with E-state index in [1.165, 1.54) is 4.90 Å². The highest BCUT2D eigenvalue weighted by molar-refractivity contribution is 5.94. The van der Waals surface area contributed by atoms with Gasteiger partial charge in [-0.05, 0) is 13.0 Å². The SMILES string of the molecule is CC(C)[C@@H]1CN(C(=O)c2n[nH]c3c2CN(C)CC3)C[C@H]1NC(=O)N(C)C. The van der Waals surface area contributed by atoms with Crippen molar-refractivity contribution in [1.82, 2.24) is 30.2 Å². The second kappa shape index (κ2) is 7.26. The van der Waals surface area contributed by atoms with Gasteiger partial charge in [0.15, 0.2) is 5.69 Å². The van der Waals surface area contributed by atoms with E-state index in [-0.39, 0.29) is 23.9 Å². The van der Waals surface area contributed by atoms with Crippen molar-refractivity contribution in [2.75, 3.05) is 40.8 Å². The van der Waals surface area contributed by atoms with E-state index in [9.17, 15) is 9.59 Å². The first-order valence-electron chi connectivity index (χ1n) is 9.29. The van der Waals surface area contributed by atoms with Crippen molar-refractivity contribution >= 4 is 11.9 Å². The smallest absolute Gasteiger partial charge is 0.317 e. The molecule has 2 N–H and O–H groups in total. The van der Waals surface area contributed by atoms with Gasteiger partial charge in [0.1, 0.15) is 0 Å². The highest BCUT2D eigenvalue weighted by Crippen LogP contribution is 2.27. The number of urea groups is 1. The fraction of sp³-hybridized carbons (Fsp3) is 0.722. The first-order chi connectivity index (χ1) is 12.3. The van der Waals surface area contributed by atoms with E-state index >= 15 is 0 Å². The average Bonchev–Trinajstić information content (AvgIpc) is 3.18. The van der Waals surface area contributed by atoms with Gasteiger partial charge in [-0.3, -0.25) is 9.89 Å². The van der Waals surface area contributed by atoms with E-state index in [2.05, 4.69) is 41.3 Å². The Balaban J connectivity index is 1.76. The number of hydrogen-bond acceptors (Lipinski definition) is 4. The molecule has 2 aliphatic heterocycles. The summed E-state index contributed by atoms with van der Waals surface area (Å²) in [6.45, 7) is 7.17. The van der Waals surface area contributed by atoms with Crippen molar-refractivity contribution in [2.24, 2.45) is 11.8 Å². The second-order valence-corrected chi connectivity index (χ2v) is 8.09. The lowest BCUT2D eigenvalue weighted by molar-refractivity contribution is 0.0774. The van der Waals surface area contributed by atoms with Gasteiger partial charge in [-0.1, -0.05) is 13.8 Å². The zero-order valence-electron chi connectivity index (χ0n) is 16.4. The lowest BCUT2D eigenvalue weighted by Crippen LogP contribution is -2.46. The van der Waals surface area contributed by atoms with Crippen LogP contribution in [0.5, 0.6) is 0 Å². The largest absolute Gasteiger partial charge is 0.335 e. The van der Waals surface area contributed by atoms with E-state index in [4.69, 9.17) is 0 Å². The maximum Gasteiger partial charge on any atom is 0.317 e. The van der Waals surface area contributed by atoms with E-state index in [1.54, 1.807) is 14.1 Å². The lowest BCUT2D eigenvalue weighted by Gasteiger charge is -2.24. The number of aromatic amines is 1. The summed E-state index contributed by atoms with van der Waals surface area (Å²) in [5.74, 6) is 0.574. The highest BCUT2D eigenvalue weighted by atomic mass is 16.2. The molecule has 3 amide bonds. The van der Waals surface area contributed by atoms with Crippen molar-refractivity contribution in [3.05, 3.63) is 17.0 Å². The molecule has 0 bridgehead atoms. The van der Waals surface area contributed by atoms with Crippen molar-refractivity contribution in [3.8, 4) is 0 Å². The first-order valence-corrected chi connectivity index (χ1v) is 9.29. The molecule has 0 aromatic carbocycles. The Hall–Kier alpha value is -2.09. The molecular weight excluding hydrogens is 332 g/mol. The fourth-order valence-electron chi connectivity index (χ4n) is 3.87. The summed E-state index contributed by atoms with van der Waals surface area (Å²) >= 11 is 0. The van der Waals surface area contributed by atoms with E-state index in [0.717, 1.165) is 30.8 Å². The molecule has 1 fully saturated rings. The normalized spacial score (nSPS) is 23.2. The molecule has 1 aromatic heterocycles. The van der Waals surface area contributed by atoms with Crippen LogP contribution in [0.4, 0.5) is 4.79 Å². The summed E-state index contributed by atoms with van der Waals surface area (Å²) in [6.07, 6.45) is 0.891. The summed E-state index contributed by atoms with van der Waals surface area (Å²) in [4.78, 5) is 30.8. The molecule has 0 spiro atoms. The van der Waals surface area contributed by atoms with Gasteiger partial charge in [0.2, 0.25) is 0 Å². The number of nitrogens with zero attached hydrogens (tertiary/aromatic N) is 4. The van der Waals surface area contributed by atoms with Gasteiger partial charge in [-0.15, -0.1) is 0 Å². The Labute approximate surface area is 154 Å². The van der Waals surface area contributed by atoms with Crippen molar-refractivity contribution < 1.29 is 9.59 Å². The third kappa shape index (κ3) is 3.56. The second-order valence-electron chi connectivity index (χ2n) is 8.09. The Kier molecular flexibility index (Phi) is 5.22. The number of likely N-dealkylation sites (tertiary alicyclic amines) is 1. The minimum absolute atomic E-state index is 0.0358. The van der Waals surface area contributed by atoms with Crippen LogP contribution >= 0.6 is 0 Å². The van der Waals surface area contributed by atoms with Crippen LogP contribution in [0, 0.1) is 11.8 Å². The Morgan fingerprint density at radius 1 is 1.31 bits per heavy atom. The Morgan fingerprint density at radius 2 is 2.04 bits per heavy atom. The molecule has 0 aliphatic carbocycles. The zero-order chi connectivity index (χ0) is 19.0. The molecule has 8 nitrogen and oxygen atoms in total. The number of H-pyrrole nitrogens is 1. The number of hydrogen-bond donors (Lipinski definition) is 2. The van der Waals surface area contributed by atoms with E-state index < -0.39 is 0 Å². The minimum atomic E-state index is -0.117. The van der Waals surface area contributed by atoms with E-state index in [1.807, 2.05) is 4.90 Å². The molecule has 8 heteroatoms. The van der Waals surface area contributed by atoms with Crippen molar-refractivity contribution in [1.29, 1.82) is 0 Å². The molecule has 1 saturated heterocycles. The molecular formula is C18H30N6O2. The summed E-state index contributed by atoms with van der Waals surface area (Å²) in [7, 11) is 5.51. The monoisotopic (exact) mass is 362 g/mol. The highest BCUT2D eigenvalue weighted by Gasteiger charge is 2.39. The third-order valence-corrected chi connectivity index (χ3v) is 5.55. The van der Waals surface area contributed by atoms with Gasteiger partial charge in [0, 0.05) is 63.9 Å². The summed E-state index contributed by atoms with van der Waals surface area (Å²) in [5.41, 5.74) is 2.63. The summed E-state index contributed by atoms with van der Waals surface area (Å²) in [5, 5.41) is 10.4. The number of aromatic nitrogens is 2. The van der Waals surface area contributed by atoms with E-state index in [0.29, 0.717) is 24.7 Å². The fourth-order valence-corrected chi connectivity index (χ4v) is 3.87. The summed E-state index contributed by atoms with van der Waals surface area (Å²) in [6, 6.07) is -0.153. The lowest BCUT2D eigenvalue weighted by atomic mass is 9.91. The minimum Gasteiger partial charge on any atom is -0.335 e. The van der Waals surface area contributed by atoms with Crippen LogP contribution in [0.25, 0.3) is 0 Å². The number of fused-ring (bicyclic) bond motifs is 1. The maximum absolute atomic E-state index is 13.1. The average molecular weight is 362 g/mol. The molecule has 0 saturated carbocycles. The molecule has 26 heavy (non-hydrogen) atoms. The number of carbonyl (C=O) groups excluding carboxylic acids is 2. The molecule has 0 radical (unpaired) electrons. The molecule has 2 atom stereocenters. The molecule has 2 aliphatic rings. The van der Waals surface area contributed by atoms with Crippen LogP contribution in [0.15, 0.2) is 0 Å². The summed E-state index contributed by atoms with van der Waals surface area (Å²) < 4.78 is 0. The van der Waals surface area contributed by atoms with Gasteiger partial charge in [0.05, 0.1) is 6.04 Å². The molecule has 1 aromatic rings. The van der Waals surface area contributed by atoms with Gasteiger partial charge < -0.3 is 20.0 Å². The molecule has 0 unspecified atom stereocenters. The van der Waals surface area contributed by atoms with Crippen LogP contribution in [0.3, 0.4) is 0 Å². The third-order valence-electron chi connectivity index (χ3n) is 5.55. The number of carbonyl (C=O) groups is 2. The van der Waals surface area contributed by atoms with Crippen molar-refractivity contribution in [2.45, 2.75) is 32.9 Å². The van der Waals surface area contributed by atoms with Crippen LogP contribution in [0.1, 0.15) is 35.6 Å². The van der Waals surface area contributed by atoms with Gasteiger partial charge in [0.25, 0.3) is 5.91 Å². The zero-order valence-corrected chi connectivity index (χ0v) is 16.4. The topological polar surface area (TPSA) is 84.6 Å². The Bertz CT molecular complexity index is 683. The molecule has 144 valence electrons. The van der Waals surface area contributed by atoms with Gasteiger partial charge >= 0.3 is 6.03 Å². The standard InChI is InChI=1S/C18H30N6O2/c1-11(2)12-9-24(10-15(12)19-18(26)22(3)4)17(25)16-13-8-23(5)7-6-14(13)20-21-16/h11-12,15H,6-10H2,1-5H3,(H,19,26)(H,20,21)/t12-,15+/m0/s1. The molecule has 3 heterocycles. The molecule has 3 rings (SSSR count). The predicted molar refractivity (Wildman–Crippen MR) is 98.9 cm³/mol. The van der Waals surface area contributed by atoms with Gasteiger partial charge in [-0.25, -0.2) is 4.79 Å². The van der Waals surface area contributed by atoms with Gasteiger partial charge in [-0.2, -0.15) is 5.10 Å². The van der Waals surface area contributed by atoms with Crippen LogP contribution in [-0.2, 0) is 13.0 Å². The van der Waals surface area contributed by atoms with Crippen LogP contribution in [0.2, 0.25) is 0 Å². The van der Waals surface area contributed by atoms with Crippen LogP contribution in [-0.4, -0.2) is 83.7 Å². The number of likely N-dealkylation sites (N-methyl/N-ethyl adjacent to an activating group) is 1. The van der Waals surface area contributed by atoms with Crippen LogP contribution < -0.4 is 5.32 Å². The number of amides is 3. The Morgan fingerprint density at radius 3 is 2.69 bits per heavy atom. The first kappa shape index (κ1) is 18.7. The number of nitrogens with one attached hydrogen (secondary N) is 2. The predicted octanol–water partition coefficient (Wildman–Crippen LogP) is 0.765. The van der Waals surface area contributed by atoms with Crippen molar-refractivity contribution in [3.63, 3.8) is 0 Å². The number of rotatable bonds is 3. The maximum atomic E-state index is 13.1.